The molecule has 2 amide bonds. The third-order valence-corrected chi connectivity index (χ3v) is 3.53. The van der Waals surface area contributed by atoms with Crippen LogP contribution in [0.1, 0.15) is 25.3 Å². The van der Waals surface area contributed by atoms with Crippen molar-refractivity contribution in [2.75, 3.05) is 11.9 Å². The summed E-state index contributed by atoms with van der Waals surface area (Å²) >= 11 is 0. The predicted molar refractivity (Wildman–Crippen MR) is 104 cm³/mol. The van der Waals surface area contributed by atoms with Crippen LogP contribution >= 0.6 is 0 Å². The first-order chi connectivity index (χ1) is 13.5. The van der Waals surface area contributed by atoms with Crippen LogP contribution in [0.3, 0.4) is 0 Å². The molecule has 0 spiro atoms. The number of nitro groups is 1. The van der Waals surface area contributed by atoms with Crippen LogP contribution < -0.4 is 15.5 Å². The fraction of sp³-hybridized carbons (Fsp3) is 0.211. The molecule has 0 unspecified atom stereocenters. The molecule has 0 bridgehead atoms. The normalized spacial score (nSPS) is 10.5. The average Bonchev–Trinajstić information content (AvgIpc) is 2.68. The molecule has 9 nitrogen and oxygen atoms in total. The average molecular weight is 384 g/mol. The SMILES string of the molecule is CCOc1ccc(NC(=O)CCC(=O)N/N=C\c2ccc([N+](=O)[O-])cc2)cc1. The van der Waals surface area contributed by atoms with Gasteiger partial charge in [-0.1, -0.05) is 0 Å². The first kappa shape index (κ1) is 20.6. The summed E-state index contributed by atoms with van der Waals surface area (Å²) in [5.74, 6) is 0.00410. The number of nitrogens with zero attached hydrogens (tertiary/aromatic N) is 2. The molecule has 2 rings (SSSR count). The topological polar surface area (TPSA) is 123 Å². The highest BCUT2D eigenvalue weighted by atomic mass is 16.6. The van der Waals surface area contributed by atoms with Gasteiger partial charge in [0.25, 0.3) is 5.69 Å². The second-order valence-electron chi connectivity index (χ2n) is 5.65. The number of amides is 2. The van der Waals surface area contributed by atoms with Crippen LogP contribution in [0.25, 0.3) is 0 Å². The van der Waals surface area contributed by atoms with E-state index in [1.165, 1.54) is 30.5 Å². The third-order valence-electron chi connectivity index (χ3n) is 3.53. The first-order valence-corrected chi connectivity index (χ1v) is 8.57. The highest BCUT2D eigenvalue weighted by Crippen LogP contribution is 2.16. The van der Waals surface area contributed by atoms with Gasteiger partial charge in [0, 0.05) is 30.7 Å². The van der Waals surface area contributed by atoms with Crippen molar-refractivity contribution in [1.82, 2.24) is 5.43 Å². The zero-order valence-electron chi connectivity index (χ0n) is 15.3. The molecule has 146 valence electrons. The Bertz CT molecular complexity index is 848. The Morgan fingerprint density at radius 2 is 1.71 bits per heavy atom. The lowest BCUT2D eigenvalue weighted by molar-refractivity contribution is -0.384. The van der Waals surface area contributed by atoms with Crippen LogP contribution in [0.5, 0.6) is 5.75 Å². The molecule has 2 aromatic rings. The zero-order valence-corrected chi connectivity index (χ0v) is 15.3. The van der Waals surface area contributed by atoms with Crippen molar-refractivity contribution in [3.8, 4) is 5.75 Å². The van der Waals surface area contributed by atoms with E-state index in [1.54, 1.807) is 24.3 Å². The van der Waals surface area contributed by atoms with Crippen LogP contribution in [0, 0.1) is 10.1 Å². The number of benzene rings is 2. The molecule has 0 heterocycles. The van der Waals surface area contributed by atoms with Crippen molar-refractivity contribution in [1.29, 1.82) is 0 Å². The van der Waals surface area contributed by atoms with Crippen molar-refractivity contribution in [3.63, 3.8) is 0 Å². The summed E-state index contributed by atoms with van der Waals surface area (Å²) in [4.78, 5) is 33.7. The van der Waals surface area contributed by atoms with Gasteiger partial charge in [0.05, 0.1) is 17.7 Å². The maximum absolute atomic E-state index is 11.9. The number of non-ortho nitro benzene ring substituents is 1. The van der Waals surface area contributed by atoms with E-state index in [4.69, 9.17) is 4.74 Å². The molecule has 0 saturated carbocycles. The Kier molecular flexibility index (Phi) is 7.64. The van der Waals surface area contributed by atoms with Gasteiger partial charge in [0.2, 0.25) is 11.8 Å². The first-order valence-electron chi connectivity index (χ1n) is 8.57. The number of nitrogens with one attached hydrogen (secondary N) is 2. The molecule has 2 aromatic carbocycles. The van der Waals surface area contributed by atoms with E-state index in [-0.39, 0.29) is 24.4 Å². The number of hydrogen-bond acceptors (Lipinski definition) is 6. The Morgan fingerprint density at radius 1 is 1.07 bits per heavy atom. The van der Waals surface area contributed by atoms with Crippen molar-refractivity contribution in [3.05, 3.63) is 64.2 Å². The van der Waals surface area contributed by atoms with Gasteiger partial charge in [-0.25, -0.2) is 5.43 Å². The summed E-state index contributed by atoms with van der Waals surface area (Å²) in [6.45, 7) is 2.45. The zero-order chi connectivity index (χ0) is 20.4. The number of rotatable bonds is 9. The molecule has 2 N–H and O–H groups in total. The largest absolute Gasteiger partial charge is 0.494 e. The maximum Gasteiger partial charge on any atom is 0.269 e. The van der Waals surface area contributed by atoms with Gasteiger partial charge in [-0.15, -0.1) is 0 Å². The van der Waals surface area contributed by atoms with Gasteiger partial charge >= 0.3 is 0 Å². The molecule has 0 radical (unpaired) electrons. The summed E-state index contributed by atoms with van der Waals surface area (Å²) in [6.07, 6.45) is 1.34. The summed E-state index contributed by atoms with van der Waals surface area (Å²) in [5.41, 5.74) is 3.49. The van der Waals surface area contributed by atoms with Gasteiger partial charge in [0.1, 0.15) is 5.75 Å². The fourth-order valence-corrected chi connectivity index (χ4v) is 2.17. The Morgan fingerprint density at radius 3 is 2.32 bits per heavy atom. The second kappa shape index (κ2) is 10.4. The highest BCUT2D eigenvalue weighted by Gasteiger charge is 2.07. The van der Waals surface area contributed by atoms with Crippen LogP contribution in [-0.4, -0.2) is 29.6 Å². The van der Waals surface area contributed by atoms with Crippen LogP contribution in [0.2, 0.25) is 0 Å². The van der Waals surface area contributed by atoms with E-state index in [0.717, 1.165) is 0 Å². The summed E-state index contributed by atoms with van der Waals surface area (Å²) in [5, 5.41) is 17.0. The van der Waals surface area contributed by atoms with Gasteiger partial charge in [-0.2, -0.15) is 5.10 Å². The third kappa shape index (κ3) is 6.87. The molecular weight excluding hydrogens is 364 g/mol. The number of hydrazone groups is 1. The summed E-state index contributed by atoms with van der Waals surface area (Å²) < 4.78 is 5.32. The van der Waals surface area contributed by atoms with Gasteiger partial charge in [0.15, 0.2) is 0 Å². The Balaban J connectivity index is 1.72. The van der Waals surface area contributed by atoms with Crippen molar-refractivity contribution < 1.29 is 19.2 Å². The smallest absolute Gasteiger partial charge is 0.269 e. The van der Waals surface area contributed by atoms with Gasteiger partial charge < -0.3 is 10.1 Å². The van der Waals surface area contributed by atoms with E-state index in [0.29, 0.717) is 23.6 Å². The molecule has 9 heteroatoms. The predicted octanol–water partition coefficient (Wildman–Crippen LogP) is 2.86. The number of carbonyl (C=O) groups is 2. The highest BCUT2D eigenvalue weighted by molar-refractivity contribution is 5.93. The van der Waals surface area contributed by atoms with Crippen molar-refractivity contribution in [2.24, 2.45) is 5.10 Å². The molecule has 0 aliphatic rings. The molecule has 0 aliphatic heterocycles. The fourth-order valence-electron chi connectivity index (χ4n) is 2.17. The van der Waals surface area contributed by atoms with Gasteiger partial charge in [-0.3, -0.25) is 19.7 Å². The summed E-state index contributed by atoms with van der Waals surface area (Å²) in [6, 6.07) is 12.6. The molecule has 28 heavy (non-hydrogen) atoms. The minimum absolute atomic E-state index is 0.00605. The lowest BCUT2D eigenvalue weighted by atomic mass is 10.2. The number of carbonyl (C=O) groups excluding carboxylic acids is 2. The molecular formula is C19H20N4O5. The number of hydrogen-bond donors (Lipinski definition) is 2. The maximum atomic E-state index is 11.9. The van der Waals surface area contributed by atoms with Crippen molar-refractivity contribution >= 4 is 29.4 Å². The molecule has 0 saturated heterocycles. The van der Waals surface area contributed by atoms with Crippen LogP contribution in [0.4, 0.5) is 11.4 Å². The number of ether oxygens (including phenoxy) is 1. The van der Waals surface area contributed by atoms with E-state index in [1.807, 2.05) is 6.92 Å². The quantitative estimate of drug-likeness (QED) is 0.391. The van der Waals surface area contributed by atoms with E-state index in [2.05, 4.69) is 15.8 Å². The molecule has 0 aliphatic carbocycles. The number of anilines is 1. The van der Waals surface area contributed by atoms with E-state index in [9.17, 15) is 19.7 Å². The van der Waals surface area contributed by atoms with E-state index < -0.39 is 10.8 Å². The van der Waals surface area contributed by atoms with Crippen molar-refractivity contribution in [2.45, 2.75) is 19.8 Å². The molecule has 0 atom stereocenters. The second-order valence-corrected chi connectivity index (χ2v) is 5.65. The molecule has 0 aromatic heterocycles. The lowest BCUT2D eigenvalue weighted by Crippen LogP contribution is -2.20. The monoisotopic (exact) mass is 384 g/mol. The van der Waals surface area contributed by atoms with Crippen LogP contribution in [-0.2, 0) is 9.59 Å². The summed E-state index contributed by atoms with van der Waals surface area (Å²) in [7, 11) is 0. The minimum atomic E-state index is -0.499. The minimum Gasteiger partial charge on any atom is -0.494 e. The Labute approximate surface area is 161 Å². The standard InChI is InChI=1S/C19H20N4O5/c1-2-28-17-9-5-15(6-10-17)21-18(24)11-12-19(25)22-20-13-14-3-7-16(8-4-14)23(26)27/h3-10,13H,2,11-12H2,1H3,(H,21,24)(H,22,25)/b20-13-. The Hall–Kier alpha value is -3.75. The van der Waals surface area contributed by atoms with Crippen LogP contribution in [0.15, 0.2) is 53.6 Å². The number of nitro benzene ring substituents is 1. The lowest BCUT2D eigenvalue weighted by Gasteiger charge is -2.07. The molecule has 0 fully saturated rings. The van der Waals surface area contributed by atoms with E-state index >= 15 is 0 Å². The van der Waals surface area contributed by atoms with Gasteiger partial charge in [-0.05, 0) is 48.9 Å².